The number of nitrogen functional groups attached to an aromatic ring is 1. The molecule has 10 nitrogen and oxygen atoms in total. The zero-order valence-electron chi connectivity index (χ0n) is 23.6. The number of aromatic nitrogens is 6. The molecule has 1 amide bonds. The first kappa shape index (κ1) is 26.5. The molecule has 42 heavy (non-hydrogen) atoms. The fraction of sp³-hybridized carbons (Fsp3) is 0.156. The number of carbonyl (C=O) groups excluding carboxylic acids is 1. The van der Waals surface area contributed by atoms with E-state index in [2.05, 4.69) is 32.3 Å². The molecule has 1 atom stereocenters. The number of hydrogen-bond donors (Lipinski definition) is 2. The van der Waals surface area contributed by atoms with Crippen molar-refractivity contribution in [2.24, 2.45) is 7.05 Å². The monoisotopic (exact) mass is 556 g/mol. The molecule has 0 saturated carbocycles. The molecule has 0 aliphatic carbocycles. The highest BCUT2D eigenvalue weighted by Crippen LogP contribution is 2.24. The molecule has 6 aromatic rings. The third kappa shape index (κ3) is 4.57. The maximum Gasteiger partial charge on any atom is 0.274 e. The molecule has 10 heteroatoms. The predicted octanol–water partition coefficient (Wildman–Crippen LogP) is 3.86. The van der Waals surface area contributed by atoms with E-state index < -0.39 is 11.9 Å². The first-order valence-electron chi connectivity index (χ1n) is 13.4. The molecular weight excluding hydrogens is 528 g/mol. The molecule has 6 rings (SSSR count). The summed E-state index contributed by atoms with van der Waals surface area (Å²) in [4.78, 5) is 32.1. The highest BCUT2D eigenvalue weighted by Gasteiger charge is 2.24. The second-order valence-electron chi connectivity index (χ2n) is 10.1. The Labute approximate surface area is 241 Å². The van der Waals surface area contributed by atoms with Crippen LogP contribution in [0.1, 0.15) is 51.7 Å². The maximum absolute atomic E-state index is 14.3. The van der Waals surface area contributed by atoms with Crippen LogP contribution in [0.2, 0.25) is 0 Å². The standard InChI is InChI=1S/C32H28N8O2/c1-19-13-16-27-36-30(33)29(40(27)37-19)31(41)35-20(2)26-17-23-10-8-9-22(14-15-24-18-34-38(4)21(24)3)28(23)32(42)39(26)25-11-6-5-7-12-25/h5-13,16-18,20H,33H2,1-4H3,(H,35,41). The highest BCUT2D eigenvalue weighted by atomic mass is 16.2. The smallest absolute Gasteiger partial charge is 0.274 e. The number of amides is 1. The van der Waals surface area contributed by atoms with Crippen molar-refractivity contribution in [2.75, 3.05) is 5.73 Å². The van der Waals surface area contributed by atoms with Gasteiger partial charge in [-0.2, -0.15) is 10.2 Å². The van der Waals surface area contributed by atoms with Crippen LogP contribution >= 0.6 is 0 Å². The van der Waals surface area contributed by atoms with Gasteiger partial charge < -0.3 is 11.1 Å². The second-order valence-corrected chi connectivity index (χ2v) is 10.1. The minimum atomic E-state index is -0.586. The molecule has 0 fully saturated rings. The predicted molar refractivity (Wildman–Crippen MR) is 161 cm³/mol. The molecule has 0 radical (unpaired) electrons. The molecule has 4 heterocycles. The maximum atomic E-state index is 14.3. The Hall–Kier alpha value is -5.69. The van der Waals surface area contributed by atoms with E-state index in [1.165, 1.54) is 4.52 Å². The van der Waals surface area contributed by atoms with Crippen molar-refractivity contribution in [3.05, 3.63) is 117 Å². The number of aryl methyl sites for hydroxylation is 2. The van der Waals surface area contributed by atoms with E-state index in [9.17, 15) is 9.59 Å². The van der Waals surface area contributed by atoms with Gasteiger partial charge >= 0.3 is 0 Å². The Kier molecular flexibility index (Phi) is 6.55. The van der Waals surface area contributed by atoms with Gasteiger partial charge in [0.05, 0.1) is 34.6 Å². The van der Waals surface area contributed by atoms with Gasteiger partial charge in [0.1, 0.15) is 0 Å². The van der Waals surface area contributed by atoms with Crippen LogP contribution in [0.3, 0.4) is 0 Å². The van der Waals surface area contributed by atoms with Crippen molar-refractivity contribution in [2.45, 2.75) is 26.8 Å². The van der Waals surface area contributed by atoms with Crippen LogP contribution < -0.4 is 16.6 Å². The molecule has 208 valence electrons. The number of nitrogens with zero attached hydrogens (tertiary/aromatic N) is 6. The summed E-state index contributed by atoms with van der Waals surface area (Å²) in [6, 6.07) is 19.8. The summed E-state index contributed by atoms with van der Waals surface area (Å²) in [5.41, 5.74) is 10.8. The molecule has 0 spiro atoms. The molecule has 0 saturated heterocycles. The fourth-order valence-electron chi connectivity index (χ4n) is 5.00. The SMILES string of the molecule is Cc1ccc2nc(N)c(C(=O)NC(C)c3cc4cccc(C#Cc5cnn(C)c5C)c4c(=O)n3-c3ccccc3)n2n1. The molecule has 0 aliphatic heterocycles. The van der Waals surface area contributed by atoms with Crippen LogP contribution in [-0.2, 0) is 7.05 Å². The minimum absolute atomic E-state index is 0.0730. The lowest BCUT2D eigenvalue weighted by molar-refractivity contribution is 0.0932. The number of pyridine rings is 1. The minimum Gasteiger partial charge on any atom is -0.382 e. The molecule has 2 aromatic carbocycles. The average Bonchev–Trinajstić information content (AvgIpc) is 3.48. The van der Waals surface area contributed by atoms with Crippen molar-refractivity contribution < 1.29 is 4.79 Å². The van der Waals surface area contributed by atoms with E-state index in [1.54, 1.807) is 27.6 Å². The number of hydrogen-bond acceptors (Lipinski definition) is 6. The normalized spacial score (nSPS) is 11.8. The van der Waals surface area contributed by atoms with Gasteiger partial charge in [-0.15, -0.1) is 0 Å². The average molecular weight is 557 g/mol. The van der Waals surface area contributed by atoms with Crippen LogP contribution in [-0.4, -0.2) is 34.9 Å². The van der Waals surface area contributed by atoms with E-state index in [0.717, 1.165) is 11.3 Å². The number of carbonyl (C=O) groups is 1. The molecule has 4 aromatic heterocycles. The molecule has 0 aliphatic rings. The fourth-order valence-corrected chi connectivity index (χ4v) is 5.00. The van der Waals surface area contributed by atoms with Crippen LogP contribution in [0.15, 0.2) is 77.7 Å². The van der Waals surface area contributed by atoms with Gasteiger partial charge in [-0.3, -0.25) is 18.8 Å². The lowest BCUT2D eigenvalue weighted by Gasteiger charge is -2.21. The number of rotatable bonds is 4. The van der Waals surface area contributed by atoms with Gasteiger partial charge in [0.15, 0.2) is 17.2 Å². The quantitative estimate of drug-likeness (QED) is 0.318. The Morgan fingerprint density at radius 3 is 2.50 bits per heavy atom. The number of imidazole rings is 1. The summed E-state index contributed by atoms with van der Waals surface area (Å²) in [6.07, 6.45) is 1.71. The summed E-state index contributed by atoms with van der Waals surface area (Å²) in [5, 5.41) is 12.9. The zero-order valence-corrected chi connectivity index (χ0v) is 23.6. The van der Waals surface area contributed by atoms with Crippen LogP contribution in [0.5, 0.6) is 0 Å². The lowest BCUT2D eigenvalue weighted by atomic mass is 10.0. The topological polar surface area (TPSA) is 125 Å². The lowest BCUT2D eigenvalue weighted by Crippen LogP contribution is -2.33. The number of nitrogens with one attached hydrogen (secondary N) is 1. The van der Waals surface area contributed by atoms with Crippen molar-refractivity contribution in [3.8, 4) is 17.5 Å². The van der Waals surface area contributed by atoms with E-state index in [0.29, 0.717) is 39.1 Å². The zero-order chi connectivity index (χ0) is 29.5. The molecular formula is C32H28N8O2. The van der Waals surface area contributed by atoms with Crippen molar-refractivity contribution in [1.82, 2.24) is 34.3 Å². The van der Waals surface area contributed by atoms with Crippen LogP contribution in [0.25, 0.3) is 22.1 Å². The van der Waals surface area contributed by atoms with Gasteiger partial charge in [0, 0.05) is 24.0 Å². The molecule has 1 unspecified atom stereocenters. The first-order chi connectivity index (χ1) is 20.2. The number of fused-ring (bicyclic) bond motifs is 2. The van der Waals surface area contributed by atoms with Gasteiger partial charge in [-0.1, -0.05) is 42.2 Å². The van der Waals surface area contributed by atoms with E-state index >= 15 is 0 Å². The van der Waals surface area contributed by atoms with E-state index in [1.807, 2.05) is 82.4 Å². The van der Waals surface area contributed by atoms with Gasteiger partial charge in [0.25, 0.3) is 11.5 Å². The van der Waals surface area contributed by atoms with Gasteiger partial charge in [-0.25, -0.2) is 9.50 Å². The van der Waals surface area contributed by atoms with E-state index in [-0.39, 0.29) is 17.1 Å². The number of benzene rings is 2. The number of nitrogens with two attached hydrogens (primary N) is 1. The summed E-state index contributed by atoms with van der Waals surface area (Å²) < 4.78 is 4.81. The van der Waals surface area contributed by atoms with E-state index in [4.69, 9.17) is 5.73 Å². The number of para-hydroxylation sites is 1. The Morgan fingerprint density at radius 2 is 1.76 bits per heavy atom. The van der Waals surface area contributed by atoms with Crippen LogP contribution in [0, 0.1) is 25.7 Å². The molecule has 0 bridgehead atoms. The summed E-state index contributed by atoms with van der Waals surface area (Å²) in [7, 11) is 1.86. The van der Waals surface area contributed by atoms with Gasteiger partial charge in [0.2, 0.25) is 0 Å². The first-order valence-corrected chi connectivity index (χ1v) is 13.4. The largest absolute Gasteiger partial charge is 0.382 e. The van der Waals surface area contributed by atoms with Crippen molar-refractivity contribution in [1.29, 1.82) is 0 Å². The molecule has 3 N–H and O–H groups in total. The Balaban J connectivity index is 1.48. The third-order valence-corrected chi connectivity index (χ3v) is 7.30. The number of anilines is 1. The van der Waals surface area contributed by atoms with Gasteiger partial charge in [-0.05, 0) is 62.6 Å². The summed E-state index contributed by atoms with van der Waals surface area (Å²) in [6.45, 7) is 5.59. The van der Waals surface area contributed by atoms with Crippen molar-refractivity contribution >= 4 is 28.1 Å². The Morgan fingerprint density at radius 1 is 1.00 bits per heavy atom. The van der Waals surface area contributed by atoms with Crippen LogP contribution in [0.4, 0.5) is 5.82 Å². The summed E-state index contributed by atoms with van der Waals surface area (Å²) >= 11 is 0. The second kappa shape index (κ2) is 10.4. The van der Waals surface area contributed by atoms with Crippen molar-refractivity contribution in [3.63, 3.8) is 0 Å². The summed E-state index contributed by atoms with van der Waals surface area (Å²) in [5.74, 6) is 5.97. The third-order valence-electron chi connectivity index (χ3n) is 7.30. The Bertz CT molecular complexity index is 2130. The highest BCUT2D eigenvalue weighted by molar-refractivity contribution is 5.98.